The van der Waals surface area contributed by atoms with Crippen LogP contribution in [0.4, 0.5) is 11.4 Å². The van der Waals surface area contributed by atoms with Gasteiger partial charge >= 0.3 is 0 Å². The maximum Gasteiger partial charge on any atom is 0.125 e. The van der Waals surface area contributed by atoms with E-state index in [2.05, 4.69) is 83.2 Å². The molecule has 0 saturated heterocycles. The highest BCUT2D eigenvalue weighted by Crippen LogP contribution is 2.40. The molecule has 0 unspecified atom stereocenters. The minimum absolute atomic E-state index is 0.0617. The van der Waals surface area contributed by atoms with Crippen molar-refractivity contribution in [1.29, 1.82) is 0 Å². The topological polar surface area (TPSA) is 39.9 Å². The molecular formula is C20H17N3. The third kappa shape index (κ3) is 1.77. The van der Waals surface area contributed by atoms with Crippen molar-refractivity contribution in [2.24, 2.45) is 0 Å². The van der Waals surface area contributed by atoms with Crippen LogP contribution in [0, 0.1) is 6.92 Å². The summed E-state index contributed by atoms with van der Waals surface area (Å²) in [4.78, 5) is 3.49. The van der Waals surface area contributed by atoms with Crippen molar-refractivity contribution in [2.75, 3.05) is 10.6 Å². The highest BCUT2D eigenvalue weighted by molar-refractivity contribution is 6.05. The maximum absolute atomic E-state index is 3.67. The van der Waals surface area contributed by atoms with Crippen molar-refractivity contribution < 1.29 is 0 Å². The normalized spacial score (nSPS) is 14.0. The zero-order valence-corrected chi connectivity index (χ0v) is 12.9. The van der Waals surface area contributed by atoms with Gasteiger partial charge in [0.05, 0.1) is 0 Å². The summed E-state index contributed by atoms with van der Waals surface area (Å²) in [5, 5.41) is 11.1. The number of anilines is 2. The molecule has 3 N–H and O–H groups in total. The number of aryl methyl sites for hydroxylation is 1. The molecule has 3 aromatic carbocycles. The third-order valence-electron chi connectivity index (χ3n) is 4.74. The summed E-state index contributed by atoms with van der Waals surface area (Å²) in [5.41, 5.74) is 6.04. The number of benzene rings is 3. The predicted octanol–water partition coefficient (Wildman–Crippen LogP) is 5.17. The molecule has 3 nitrogen and oxygen atoms in total. The molecule has 0 bridgehead atoms. The first kappa shape index (κ1) is 12.6. The van der Waals surface area contributed by atoms with Crippen molar-refractivity contribution in [3.8, 4) is 0 Å². The lowest BCUT2D eigenvalue weighted by atomic mass is 10.0. The zero-order valence-electron chi connectivity index (χ0n) is 12.9. The molecule has 3 heteroatoms. The number of H-pyrrole nitrogens is 1. The molecule has 0 spiro atoms. The lowest BCUT2D eigenvalue weighted by Crippen LogP contribution is -2.24. The molecule has 0 amide bonds. The van der Waals surface area contributed by atoms with Gasteiger partial charge in [-0.1, -0.05) is 42.5 Å². The van der Waals surface area contributed by atoms with Crippen LogP contribution in [0.1, 0.15) is 17.4 Å². The Hall–Kier alpha value is -2.94. The van der Waals surface area contributed by atoms with E-state index in [0.717, 1.165) is 0 Å². The molecule has 5 rings (SSSR count). The third-order valence-corrected chi connectivity index (χ3v) is 4.74. The van der Waals surface area contributed by atoms with Gasteiger partial charge in [0.25, 0.3) is 0 Å². The van der Waals surface area contributed by atoms with Gasteiger partial charge in [0, 0.05) is 38.9 Å². The van der Waals surface area contributed by atoms with Crippen LogP contribution in [-0.2, 0) is 0 Å². The molecule has 0 radical (unpaired) electrons. The Bertz CT molecular complexity index is 1000. The van der Waals surface area contributed by atoms with Crippen molar-refractivity contribution in [3.05, 3.63) is 71.9 Å². The number of rotatable bonds is 1. The molecule has 23 heavy (non-hydrogen) atoms. The number of hydrogen-bond donors (Lipinski definition) is 3. The second-order valence-electron chi connectivity index (χ2n) is 6.14. The highest BCUT2D eigenvalue weighted by Gasteiger charge is 2.24. The number of hydrogen-bond acceptors (Lipinski definition) is 2. The van der Waals surface area contributed by atoms with E-state index >= 15 is 0 Å². The Morgan fingerprint density at radius 1 is 0.783 bits per heavy atom. The number of para-hydroxylation sites is 1. The van der Waals surface area contributed by atoms with Crippen LogP contribution in [0.5, 0.6) is 0 Å². The van der Waals surface area contributed by atoms with Crippen LogP contribution < -0.4 is 10.6 Å². The molecular weight excluding hydrogens is 282 g/mol. The second-order valence-corrected chi connectivity index (χ2v) is 6.14. The first-order valence-electron chi connectivity index (χ1n) is 7.93. The van der Waals surface area contributed by atoms with Crippen LogP contribution >= 0.6 is 0 Å². The zero-order chi connectivity index (χ0) is 15.4. The van der Waals surface area contributed by atoms with Crippen LogP contribution in [-0.4, -0.2) is 4.98 Å². The van der Waals surface area contributed by atoms with Gasteiger partial charge in [-0.3, -0.25) is 0 Å². The Balaban J connectivity index is 1.70. The van der Waals surface area contributed by atoms with Crippen LogP contribution in [0.15, 0.2) is 60.7 Å². The SMILES string of the molecule is Cc1[nH]c2ccccc2c1C1Nc2cccc3cccc(c23)N1. The number of aromatic nitrogens is 1. The van der Waals surface area contributed by atoms with Crippen molar-refractivity contribution in [2.45, 2.75) is 13.1 Å². The molecule has 0 atom stereocenters. The summed E-state index contributed by atoms with van der Waals surface area (Å²) in [6, 6.07) is 21.3. The largest absolute Gasteiger partial charge is 0.361 e. The van der Waals surface area contributed by atoms with E-state index in [4.69, 9.17) is 0 Å². The fraction of sp³-hybridized carbons (Fsp3) is 0.100. The number of fused-ring (bicyclic) bond motifs is 1. The average molecular weight is 299 g/mol. The first-order valence-corrected chi connectivity index (χ1v) is 7.93. The van der Waals surface area contributed by atoms with Gasteiger partial charge in [-0.2, -0.15) is 0 Å². The summed E-state index contributed by atoms with van der Waals surface area (Å²) in [6.45, 7) is 2.14. The summed E-state index contributed by atoms with van der Waals surface area (Å²) in [6.07, 6.45) is 0.0617. The van der Waals surface area contributed by atoms with E-state index in [1.54, 1.807) is 0 Å². The first-order chi connectivity index (χ1) is 11.3. The molecule has 1 aliphatic heterocycles. The molecule has 0 aliphatic carbocycles. The van der Waals surface area contributed by atoms with E-state index in [9.17, 15) is 0 Å². The van der Waals surface area contributed by atoms with Gasteiger partial charge in [-0.15, -0.1) is 0 Å². The van der Waals surface area contributed by atoms with Crippen LogP contribution in [0.2, 0.25) is 0 Å². The van der Waals surface area contributed by atoms with Gasteiger partial charge in [0.2, 0.25) is 0 Å². The van der Waals surface area contributed by atoms with Crippen LogP contribution in [0.25, 0.3) is 21.7 Å². The van der Waals surface area contributed by atoms with Crippen molar-refractivity contribution in [3.63, 3.8) is 0 Å². The maximum atomic E-state index is 3.67. The van der Waals surface area contributed by atoms with Crippen LogP contribution in [0.3, 0.4) is 0 Å². The molecule has 1 aromatic heterocycles. The molecule has 0 saturated carbocycles. The second kappa shape index (κ2) is 4.53. The highest BCUT2D eigenvalue weighted by atomic mass is 15.2. The molecule has 0 fully saturated rings. The Morgan fingerprint density at radius 2 is 1.48 bits per heavy atom. The van der Waals surface area contributed by atoms with Crippen molar-refractivity contribution in [1.82, 2.24) is 4.98 Å². The van der Waals surface area contributed by atoms with Crippen molar-refractivity contribution >= 4 is 33.1 Å². The van der Waals surface area contributed by atoms with Gasteiger partial charge < -0.3 is 15.6 Å². The average Bonchev–Trinajstić information content (AvgIpc) is 2.91. The summed E-state index contributed by atoms with van der Waals surface area (Å²) < 4.78 is 0. The molecule has 4 aromatic rings. The van der Waals surface area contributed by atoms with Gasteiger partial charge in [-0.25, -0.2) is 0 Å². The Kier molecular flexibility index (Phi) is 2.48. The monoisotopic (exact) mass is 299 g/mol. The minimum Gasteiger partial charge on any atom is -0.361 e. The fourth-order valence-electron chi connectivity index (χ4n) is 3.74. The van der Waals surface area contributed by atoms with E-state index in [1.165, 1.54) is 44.3 Å². The molecule has 112 valence electrons. The van der Waals surface area contributed by atoms with E-state index < -0.39 is 0 Å². The minimum atomic E-state index is 0.0617. The number of aromatic amines is 1. The number of nitrogens with one attached hydrogen (secondary N) is 3. The predicted molar refractivity (Wildman–Crippen MR) is 97.0 cm³/mol. The fourth-order valence-corrected chi connectivity index (χ4v) is 3.74. The summed E-state index contributed by atoms with van der Waals surface area (Å²) in [7, 11) is 0. The molecule has 1 aliphatic rings. The van der Waals surface area contributed by atoms with Gasteiger partial charge in [0.15, 0.2) is 0 Å². The Morgan fingerprint density at radius 3 is 2.22 bits per heavy atom. The van der Waals surface area contributed by atoms with E-state index in [-0.39, 0.29) is 6.17 Å². The lowest BCUT2D eigenvalue weighted by Gasteiger charge is -2.30. The van der Waals surface area contributed by atoms with E-state index in [1.807, 2.05) is 0 Å². The summed E-state index contributed by atoms with van der Waals surface area (Å²) >= 11 is 0. The Labute approximate surface area is 134 Å². The van der Waals surface area contributed by atoms with E-state index in [0.29, 0.717) is 0 Å². The standard InChI is InChI=1S/C20H17N3/c1-12-18(14-8-2-3-9-15(14)21-12)20-22-16-10-4-6-13-7-5-11-17(23-20)19(13)16/h2-11,20-23H,1H3. The smallest absolute Gasteiger partial charge is 0.125 e. The quantitative estimate of drug-likeness (QED) is 0.454. The summed E-state index contributed by atoms with van der Waals surface area (Å²) in [5.74, 6) is 0. The molecule has 2 heterocycles. The lowest BCUT2D eigenvalue weighted by molar-refractivity contribution is 0.893. The van der Waals surface area contributed by atoms with Gasteiger partial charge in [-0.05, 0) is 30.5 Å². The van der Waals surface area contributed by atoms with Gasteiger partial charge in [0.1, 0.15) is 6.17 Å².